The first kappa shape index (κ1) is 9.37. The van der Waals surface area contributed by atoms with E-state index in [2.05, 4.69) is 9.97 Å². The number of hydrogen-bond acceptors (Lipinski definition) is 5. The van der Waals surface area contributed by atoms with Crippen molar-refractivity contribution in [3.63, 3.8) is 0 Å². The van der Waals surface area contributed by atoms with Crippen LogP contribution >= 0.6 is 11.6 Å². The minimum atomic E-state index is -3.72. The molecule has 5 nitrogen and oxygen atoms in total. The van der Waals surface area contributed by atoms with Crippen molar-refractivity contribution in [2.24, 2.45) is 0 Å². The van der Waals surface area contributed by atoms with E-state index in [9.17, 15) is 8.42 Å². The molecule has 1 aromatic heterocycles. The number of hydrogen-bond donors (Lipinski definition) is 1. The Morgan fingerprint density at radius 2 is 2.17 bits per heavy atom. The second-order valence-electron chi connectivity index (χ2n) is 1.92. The highest BCUT2D eigenvalue weighted by Gasteiger charge is 2.14. The summed E-state index contributed by atoms with van der Waals surface area (Å²) in [5, 5.41) is 8.09. The SMILES string of the molecule is O=S(=O)(CO)c1cncc(Cl)n1. The summed E-state index contributed by atoms with van der Waals surface area (Å²) in [7, 11) is -3.72. The van der Waals surface area contributed by atoms with Gasteiger partial charge in [-0.1, -0.05) is 11.6 Å². The van der Waals surface area contributed by atoms with Crippen molar-refractivity contribution in [3.8, 4) is 0 Å². The third kappa shape index (κ3) is 1.90. The van der Waals surface area contributed by atoms with Gasteiger partial charge in [0.1, 0.15) is 5.15 Å². The van der Waals surface area contributed by atoms with Crippen LogP contribution < -0.4 is 0 Å². The fraction of sp³-hybridized carbons (Fsp3) is 0.200. The van der Waals surface area contributed by atoms with Crippen LogP contribution in [0, 0.1) is 0 Å². The van der Waals surface area contributed by atoms with Gasteiger partial charge in [0.15, 0.2) is 11.0 Å². The van der Waals surface area contributed by atoms with Gasteiger partial charge in [-0.25, -0.2) is 13.4 Å². The Morgan fingerprint density at radius 3 is 2.67 bits per heavy atom. The highest BCUT2D eigenvalue weighted by atomic mass is 35.5. The van der Waals surface area contributed by atoms with Crippen LogP contribution in [0.2, 0.25) is 5.15 Å². The van der Waals surface area contributed by atoms with Gasteiger partial charge in [0.05, 0.1) is 12.4 Å². The molecule has 0 aromatic carbocycles. The first-order valence-corrected chi connectivity index (χ1v) is 4.90. The number of aromatic nitrogens is 2. The van der Waals surface area contributed by atoms with E-state index >= 15 is 0 Å². The zero-order valence-electron chi connectivity index (χ0n) is 5.81. The standard InChI is InChI=1S/C5H5ClN2O3S/c6-4-1-7-2-5(8-4)12(10,11)3-9/h1-2,9H,3H2. The van der Waals surface area contributed by atoms with Crippen molar-refractivity contribution in [1.29, 1.82) is 0 Å². The molecule has 1 N–H and O–H groups in total. The summed E-state index contributed by atoms with van der Waals surface area (Å²) in [6.07, 6.45) is 2.23. The van der Waals surface area contributed by atoms with E-state index < -0.39 is 15.8 Å². The molecule has 0 aliphatic carbocycles. The Balaban J connectivity index is 3.21. The van der Waals surface area contributed by atoms with Crippen LogP contribution in [0.25, 0.3) is 0 Å². The summed E-state index contributed by atoms with van der Waals surface area (Å²) in [6, 6.07) is 0. The van der Waals surface area contributed by atoms with Crippen LogP contribution in [0.1, 0.15) is 0 Å². The summed E-state index contributed by atoms with van der Waals surface area (Å²) >= 11 is 5.39. The molecule has 12 heavy (non-hydrogen) atoms. The third-order valence-electron chi connectivity index (χ3n) is 1.07. The predicted octanol–water partition coefficient (Wildman–Crippen LogP) is -0.146. The minimum Gasteiger partial charge on any atom is -0.380 e. The van der Waals surface area contributed by atoms with Crippen molar-refractivity contribution in [3.05, 3.63) is 17.5 Å². The summed E-state index contributed by atoms with van der Waals surface area (Å²) in [5.41, 5.74) is 0. The first-order valence-electron chi connectivity index (χ1n) is 2.87. The van der Waals surface area contributed by atoms with Crippen LogP contribution in [0.5, 0.6) is 0 Å². The average molecular weight is 209 g/mol. The lowest BCUT2D eigenvalue weighted by Gasteiger charge is -1.97. The number of halogens is 1. The van der Waals surface area contributed by atoms with Crippen molar-refractivity contribution in [2.75, 3.05) is 5.94 Å². The molecule has 0 spiro atoms. The zero-order valence-corrected chi connectivity index (χ0v) is 7.38. The molecule has 0 fully saturated rings. The van der Waals surface area contributed by atoms with E-state index in [1.54, 1.807) is 0 Å². The Hall–Kier alpha value is -0.720. The smallest absolute Gasteiger partial charge is 0.220 e. The molecule has 0 saturated heterocycles. The largest absolute Gasteiger partial charge is 0.380 e. The van der Waals surface area contributed by atoms with Crippen LogP contribution in [0.15, 0.2) is 17.4 Å². The topological polar surface area (TPSA) is 80.2 Å². The molecule has 7 heteroatoms. The molecule has 0 radical (unpaired) electrons. The van der Waals surface area contributed by atoms with Crippen LogP contribution in [0.3, 0.4) is 0 Å². The van der Waals surface area contributed by atoms with E-state index in [4.69, 9.17) is 16.7 Å². The zero-order chi connectivity index (χ0) is 9.19. The molecular weight excluding hydrogens is 204 g/mol. The number of aliphatic hydroxyl groups is 1. The molecular formula is C5H5ClN2O3S. The second kappa shape index (κ2) is 3.34. The summed E-state index contributed by atoms with van der Waals surface area (Å²) < 4.78 is 21.9. The lowest BCUT2D eigenvalue weighted by molar-refractivity contribution is 0.358. The molecule has 1 rings (SSSR count). The molecule has 1 aromatic rings. The highest BCUT2D eigenvalue weighted by molar-refractivity contribution is 7.91. The molecule has 1 heterocycles. The molecule has 66 valence electrons. The van der Waals surface area contributed by atoms with Gasteiger partial charge >= 0.3 is 0 Å². The van der Waals surface area contributed by atoms with Crippen LogP contribution in [0.4, 0.5) is 0 Å². The van der Waals surface area contributed by atoms with Crippen molar-refractivity contribution in [2.45, 2.75) is 5.03 Å². The summed E-state index contributed by atoms with van der Waals surface area (Å²) in [5.74, 6) is -0.998. The van der Waals surface area contributed by atoms with Crippen LogP contribution in [-0.4, -0.2) is 29.4 Å². The van der Waals surface area contributed by atoms with E-state index in [-0.39, 0.29) is 10.2 Å². The second-order valence-corrected chi connectivity index (χ2v) is 4.22. The third-order valence-corrected chi connectivity index (χ3v) is 2.43. The number of rotatable bonds is 2. The monoisotopic (exact) mass is 208 g/mol. The first-order chi connectivity index (χ1) is 5.56. The van der Waals surface area contributed by atoms with Crippen molar-refractivity contribution < 1.29 is 13.5 Å². The normalized spacial score (nSPS) is 11.5. The van der Waals surface area contributed by atoms with Gasteiger partial charge in [0, 0.05) is 0 Å². The van der Waals surface area contributed by atoms with Gasteiger partial charge in [-0.3, -0.25) is 4.98 Å². The lowest BCUT2D eigenvalue weighted by atomic mass is 10.8. The van der Waals surface area contributed by atoms with E-state index in [1.807, 2.05) is 0 Å². The maximum atomic E-state index is 10.9. The Kier molecular flexibility index (Phi) is 2.61. The minimum absolute atomic E-state index is 0.0236. The maximum Gasteiger partial charge on any atom is 0.220 e. The van der Waals surface area contributed by atoms with E-state index in [0.29, 0.717) is 0 Å². The van der Waals surface area contributed by atoms with Gasteiger partial charge in [-0.2, -0.15) is 0 Å². The lowest BCUT2D eigenvalue weighted by Crippen LogP contribution is -2.08. The number of sulfone groups is 1. The molecule has 0 bridgehead atoms. The Labute approximate surface area is 74.0 Å². The summed E-state index contributed by atoms with van der Waals surface area (Å²) in [6.45, 7) is 0. The summed E-state index contributed by atoms with van der Waals surface area (Å²) in [4.78, 5) is 6.98. The van der Waals surface area contributed by atoms with Gasteiger partial charge < -0.3 is 5.11 Å². The molecule has 0 aliphatic heterocycles. The van der Waals surface area contributed by atoms with Gasteiger partial charge in [-0.05, 0) is 0 Å². The van der Waals surface area contributed by atoms with Crippen molar-refractivity contribution >= 4 is 21.4 Å². The van der Waals surface area contributed by atoms with E-state index in [0.717, 1.165) is 6.20 Å². The molecule has 0 aliphatic rings. The molecule has 0 atom stereocenters. The molecule has 0 amide bonds. The van der Waals surface area contributed by atoms with Gasteiger partial charge in [0.25, 0.3) is 0 Å². The number of nitrogens with zero attached hydrogens (tertiary/aromatic N) is 2. The molecule has 0 unspecified atom stereocenters. The average Bonchev–Trinajstić information content (AvgIpc) is 2.05. The van der Waals surface area contributed by atoms with E-state index in [1.165, 1.54) is 6.20 Å². The fourth-order valence-corrected chi connectivity index (χ4v) is 1.33. The maximum absolute atomic E-state index is 10.9. The predicted molar refractivity (Wildman–Crippen MR) is 41.3 cm³/mol. The fourth-order valence-electron chi connectivity index (χ4n) is 0.542. The Bertz CT molecular complexity index is 378. The van der Waals surface area contributed by atoms with Crippen LogP contribution in [-0.2, 0) is 9.84 Å². The van der Waals surface area contributed by atoms with Crippen molar-refractivity contribution in [1.82, 2.24) is 9.97 Å². The number of aliphatic hydroxyl groups excluding tert-OH is 1. The highest BCUT2D eigenvalue weighted by Crippen LogP contribution is 2.08. The quantitative estimate of drug-likeness (QED) is 0.732. The molecule has 0 saturated carbocycles. The van der Waals surface area contributed by atoms with Gasteiger partial charge in [-0.15, -0.1) is 0 Å². The van der Waals surface area contributed by atoms with Gasteiger partial charge in [0.2, 0.25) is 9.84 Å². The Morgan fingerprint density at radius 1 is 1.50 bits per heavy atom.